The second-order valence-electron chi connectivity index (χ2n) is 9.73. The van der Waals surface area contributed by atoms with Gasteiger partial charge in [0.1, 0.15) is 11.5 Å². The maximum absolute atomic E-state index is 14.2. The molecule has 0 radical (unpaired) electrons. The third-order valence-electron chi connectivity index (χ3n) is 5.45. The molecule has 2 aromatic rings. The first-order chi connectivity index (χ1) is 16.2. The summed E-state index contributed by atoms with van der Waals surface area (Å²) in [7, 11) is 0. The molecule has 0 spiro atoms. The molecule has 1 fully saturated rings. The molecule has 0 bridgehead atoms. The smallest absolute Gasteiger partial charge is 0.394 e. The minimum absolute atomic E-state index is 0.0360. The molecule has 1 unspecified atom stereocenters. The summed E-state index contributed by atoms with van der Waals surface area (Å²) in [4.78, 5) is 35.9. The third-order valence-corrected chi connectivity index (χ3v) is 6.53. The quantitative estimate of drug-likeness (QED) is 0.535. The Morgan fingerprint density at radius 1 is 1.31 bits per heavy atom. The van der Waals surface area contributed by atoms with Gasteiger partial charge in [-0.05, 0) is 53.5 Å². The van der Waals surface area contributed by atoms with E-state index in [9.17, 15) is 27.9 Å². The highest BCUT2D eigenvalue weighted by Gasteiger charge is 2.38. The van der Waals surface area contributed by atoms with Crippen molar-refractivity contribution in [3.63, 3.8) is 0 Å². The monoisotopic (exact) mass is 513 g/mol. The SMILES string of the molecule is CC(CO)NC(=O)c1nc(C(=O)N2CCC[C@@H]2C)c(-c2cnc(NC(C)(C)C)cc2C(F)(F)F)s1. The lowest BCUT2D eigenvalue weighted by atomic mass is 10.1. The standard InChI is InChI=1S/C23H30F3N5O3S/c1-12(11-32)28-19(33)20-29-17(21(34)31-8-6-7-13(31)2)18(35-20)14-10-27-16(30-22(3,4)5)9-15(14)23(24,25)26/h9-10,12-13,32H,6-8,11H2,1-5H3,(H,27,30)(H,28,33)/t12?,13-/m0/s1. The summed E-state index contributed by atoms with van der Waals surface area (Å²) in [6.45, 7) is 8.95. The average Bonchev–Trinajstić information content (AvgIpc) is 3.38. The van der Waals surface area contributed by atoms with E-state index in [0.717, 1.165) is 25.1 Å². The van der Waals surface area contributed by atoms with Crippen LogP contribution in [0.1, 0.15) is 73.3 Å². The van der Waals surface area contributed by atoms with E-state index in [1.54, 1.807) is 32.6 Å². The molecule has 2 amide bonds. The summed E-state index contributed by atoms with van der Waals surface area (Å²) in [5.74, 6) is -1.17. The normalized spacial score (nSPS) is 17.4. The van der Waals surface area contributed by atoms with Crippen LogP contribution in [0.4, 0.5) is 19.0 Å². The van der Waals surface area contributed by atoms with Crippen molar-refractivity contribution in [2.75, 3.05) is 18.5 Å². The number of likely N-dealkylation sites (tertiary alicyclic amines) is 1. The van der Waals surface area contributed by atoms with E-state index < -0.39 is 35.1 Å². The minimum atomic E-state index is -4.74. The first-order valence-electron chi connectivity index (χ1n) is 11.3. The van der Waals surface area contributed by atoms with Gasteiger partial charge in [0.05, 0.1) is 17.0 Å². The largest absolute Gasteiger partial charge is 0.417 e. The number of aliphatic hydroxyl groups excluding tert-OH is 1. The fourth-order valence-electron chi connectivity index (χ4n) is 3.77. The van der Waals surface area contributed by atoms with Gasteiger partial charge < -0.3 is 20.6 Å². The number of hydrogen-bond donors (Lipinski definition) is 3. The molecule has 0 aromatic carbocycles. The summed E-state index contributed by atoms with van der Waals surface area (Å²) >= 11 is 0.698. The van der Waals surface area contributed by atoms with Crippen molar-refractivity contribution in [3.05, 3.63) is 28.5 Å². The molecule has 2 atom stereocenters. The van der Waals surface area contributed by atoms with Crippen molar-refractivity contribution in [2.45, 2.75) is 71.3 Å². The van der Waals surface area contributed by atoms with Crippen molar-refractivity contribution in [1.82, 2.24) is 20.2 Å². The van der Waals surface area contributed by atoms with Gasteiger partial charge in [-0.2, -0.15) is 13.2 Å². The van der Waals surface area contributed by atoms with Crippen molar-refractivity contribution < 1.29 is 27.9 Å². The Bertz CT molecular complexity index is 1100. The van der Waals surface area contributed by atoms with E-state index in [1.165, 1.54) is 0 Å². The van der Waals surface area contributed by atoms with E-state index in [1.807, 2.05) is 6.92 Å². The van der Waals surface area contributed by atoms with Crippen LogP contribution in [-0.2, 0) is 6.18 Å². The first-order valence-corrected chi connectivity index (χ1v) is 12.1. The summed E-state index contributed by atoms with van der Waals surface area (Å²) in [6, 6.07) is 0.214. The van der Waals surface area contributed by atoms with E-state index >= 15 is 0 Å². The van der Waals surface area contributed by atoms with Gasteiger partial charge in [0.2, 0.25) is 0 Å². The molecule has 3 heterocycles. The van der Waals surface area contributed by atoms with Crippen LogP contribution in [0.25, 0.3) is 10.4 Å². The van der Waals surface area contributed by atoms with Gasteiger partial charge in [-0.15, -0.1) is 11.3 Å². The minimum Gasteiger partial charge on any atom is -0.394 e. The van der Waals surface area contributed by atoms with Crippen LogP contribution in [-0.4, -0.2) is 62.6 Å². The molecule has 1 saturated heterocycles. The Hall–Kier alpha value is -2.73. The number of aliphatic hydroxyl groups is 1. The highest BCUT2D eigenvalue weighted by atomic mass is 32.1. The number of alkyl halides is 3. The molecule has 35 heavy (non-hydrogen) atoms. The number of pyridine rings is 1. The Morgan fingerprint density at radius 3 is 2.54 bits per heavy atom. The number of hydrogen-bond acceptors (Lipinski definition) is 7. The number of rotatable bonds is 6. The second kappa shape index (κ2) is 10.1. The van der Waals surface area contributed by atoms with Gasteiger partial charge >= 0.3 is 6.18 Å². The Balaban J connectivity index is 2.16. The number of amides is 2. The molecule has 1 aliphatic heterocycles. The van der Waals surface area contributed by atoms with Crippen molar-refractivity contribution in [2.24, 2.45) is 0 Å². The molecule has 3 rings (SSSR count). The Morgan fingerprint density at radius 2 is 2.00 bits per heavy atom. The lowest BCUT2D eigenvalue weighted by molar-refractivity contribution is -0.137. The fraction of sp³-hybridized carbons (Fsp3) is 0.565. The van der Waals surface area contributed by atoms with Crippen LogP contribution in [0.15, 0.2) is 12.3 Å². The molecular formula is C23H30F3N5O3S. The molecule has 192 valence electrons. The number of aromatic nitrogens is 2. The summed E-state index contributed by atoms with van der Waals surface area (Å²) in [6.07, 6.45) is -2.14. The molecule has 8 nitrogen and oxygen atoms in total. The maximum Gasteiger partial charge on any atom is 0.417 e. The van der Waals surface area contributed by atoms with Crippen LogP contribution in [0.3, 0.4) is 0 Å². The topological polar surface area (TPSA) is 107 Å². The Kier molecular flexibility index (Phi) is 7.75. The first kappa shape index (κ1) is 26.9. The van der Waals surface area contributed by atoms with E-state index in [-0.39, 0.29) is 39.6 Å². The number of carbonyl (C=O) groups excluding carboxylic acids is 2. The van der Waals surface area contributed by atoms with Crippen LogP contribution < -0.4 is 10.6 Å². The number of nitrogens with zero attached hydrogens (tertiary/aromatic N) is 3. The predicted molar refractivity (Wildman–Crippen MR) is 127 cm³/mol. The highest BCUT2D eigenvalue weighted by molar-refractivity contribution is 7.17. The van der Waals surface area contributed by atoms with E-state index in [2.05, 4.69) is 20.6 Å². The van der Waals surface area contributed by atoms with Crippen molar-refractivity contribution in [1.29, 1.82) is 0 Å². The van der Waals surface area contributed by atoms with Gasteiger partial charge in [0, 0.05) is 35.9 Å². The van der Waals surface area contributed by atoms with Crippen LogP contribution >= 0.6 is 11.3 Å². The number of nitrogens with one attached hydrogen (secondary N) is 2. The third kappa shape index (κ3) is 6.29. The van der Waals surface area contributed by atoms with E-state index in [4.69, 9.17) is 0 Å². The summed E-state index contributed by atoms with van der Waals surface area (Å²) in [5.41, 5.74) is -2.04. The van der Waals surface area contributed by atoms with Gasteiger partial charge in [0.15, 0.2) is 5.01 Å². The molecule has 3 N–H and O–H groups in total. The van der Waals surface area contributed by atoms with Crippen LogP contribution in [0.2, 0.25) is 0 Å². The number of halogens is 3. The zero-order valence-electron chi connectivity index (χ0n) is 20.3. The molecule has 0 aliphatic carbocycles. The summed E-state index contributed by atoms with van der Waals surface area (Å²) < 4.78 is 42.5. The van der Waals surface area contributed by atoms with Gasteiger partial charge in [0.25, 0.3) is 11.8 Å². The van der Waals surface area contributed by atoms with Crippen molar-refractivity contribution in [3.8, 4) is 10.4 Å². The molecule has 12 heteroatoms. The predicted octanol–water partition coefficient (Wildman–Crippen LogP) is 4.17. The molecule has 1 aliphatic rings. The van der Waals surface area contributed by atoms with Crippen LogP contribution in [0, 0.1) is 0 Å². The molecular weight excluding hydrogens is 483 g/mol. The maximum atomic E-state index is 14.2. The number of carbonyl (C=O) groups is 2. The summed E-state index contributed by atoms with van der Waals surface area (Å²) in [5, 5.41) is 14.5. The van der Waals surface area contributed by atoms with Gasteiger partial charge in [-0.25, -0.2) is 9.97 Å². The number of thiazole rings is 1. The van der Waals surface area contributed by atoms with Crippen molar-refractivity contribution >= 4 is 29.0 Å². The lowest BCUT2D eigenvalue weighted by Crippen LogP contribution is -2.35. The fourth-order valence-corrected chi connectivity index (χ4v) is 4.75. The second-order valence-corrected chi connectivity index (χ2v) is 10.7. The van der Waals surface area contributed by atoms with Crippen LogP contribution in [0.5, 0.6) is 0 Å². The highest BCUT2D eigenvalue weighted by Crippen LogP contribution is 2.42. The average molecular weight is 514 g/mol. The zero-order chi connectivity index (χ0) is 26.1. The number of anilines is 1. The zero-order valence-corrected chi connectivity index (χ0v) is 21.1. The van der Waals surface area contributed by atoms with Gasteiger partial charge in [-0.3, -0.25) is 9.59 Å². The molecule has 2 aromatic heterocycles. The van der Waals surface area contributed by atoms with Gasteiger partial charge in [-0.1, -0.05) is 0 Å². The Labute approximate surface area is 206 Å². The molecule has 0 saturated carbocycles. The lowest BCUT2D eigenvalue weighted by Gasteiger charge is -2.23. The van der Waals surface area contributed by atoms with E-state index in [0.29, 0.717) is 17.9 Å².